The molecular formula is C18H25N3O3. The third-order valence-corrected chi connectivity index (χ3v) is 5.01. The van der Waals surface area contributed by atoms with Crippen molar-refractivity contribution in [2.45, 2.75) is 31.2 Å². The summed E-state index contributed by atoms with van der Waals surface area (Å²) in [7, 11) is 1.64. The SMILES string of the molecule is COc1cccc([C@H]2CN(C(=O)CCN3CCCC3=O)C[C@@H]2N)c1. The average molecular weight is 331 g/mol. The number of hydrogen-bond acceptors (Lipinski definition) is 4. The molecule has 2 saturated heterocycles. The molecule has 0 spiro atoms. The minimum absolute atomic E-state index is 0.0746. The molecule has 24 heavy (non-hydrogen) atoms. The zero-order valence-corrected chi connectivity index (χ0v) is 14.1. The van der Waals surface area contributed by atoms with Gasteiger partial charge in [0.05, 0.1) is 7.11 Å². The normalized spacial score (nSPS) is 23.8. The van der Waals surface area contributed by atoms with Gasteiger partial charge in [-0.25, -0.2) is 0 Å². The van der Waals surface area contributed by atoms with Crippen LogP contribution in [0.4, 0.5) is 0 Å². The highest BCUT2D eigenvalue weighted by atomic mass is 16.5. The number of amides is 2. The van der Waals surface area contributed by atoms with Crippen LogP contribution in [0, 0.1) is 0 Å². The van der Waals surface area contributed by atoms with Gasteiger partial charge in [-0.3, -0.25) is 9.59 Å². The van der Waals surface area contributed by atoms with Crippen molar-refractivity contribution in [1.29, 1.82) is 0 Å². The summed E-state index contributed by atoms with van der Waals surface area (Å²) >= 11 is 0. The monoisotopic (exact) mass is 331 g/mol. The lowest BCUT2D eigenvalue weighted by Crippen LogP contribution is -2.35. The van der Waals surface area contributed by atoms with Crippen molar-refractivity contribution in [3.8, 4) is 5.75 Å². The van der Waals surface area contributed by atoms with E-state index in [1.165, 1.54) is 0 Å². The van der Waals surface area contributed by atoms with Crippen LogP contribution in [0.1, 0.15) is 30.7 Å². The number of hydrogen-bond donors (Lipinski definition) is 1. The molecule has 2 N–H and O–H groups in total. The maximum atomic E-state index is 12.5. The molecule has 0 unspecified atom stereocenters. The van der Waals surface area contributed by atoms with Gasteiger partial charge in [-0.1, -0.05) is 12.1 Å². The zero-order chi connectivity index (χ0) is 17.1. The van der Waals surface area contributed by atoms with Crippen LogP contribution in [0.2, 0.25) is 0 Å². The van der Waals surface area contributed by atoms with Crippen LogP contribution in [0.15, 0.2) is 24.3 Å². The van der Waals surface area contributed by atoms with E-state index < -0.39 is 0 Å². The predicted molar refractivity (Wildman–Crippen MR) is 90.7 cm³/mol. The Balaban J connectivity index is 1.58. The van der Waals surface area contributed by atoms with Crippen molar-refractivity contribution in [3.05, 3.63) is 29.8 Å². The molecule has 2 heterocycles. The summed E-state index contributed by atoms with van der Waals surface area (Å²) < 4.78 is 5.27. The van der Waals surface area contributed by atoms with Crippen molar-refractivity contribution >= 4 is 11.8 Å². The van der Waals surface area contributed by atoms with Crippen molar-refractivity contribution < 1.29 is 14.3 Å². The Kier molecular flexibility index (Phi) is 5.04. The number of nitrogens with zero attached hydrogens (tertiary/aromatic N) is 2. The van der Waals surface area contributed by atoms with Gasteiger partial charge in [0, 0.05) is 51.0 Å². The van der Waals surface area contributed by atoms with Crippen molar-refractivity contribution in [2.24, 2.45) is 5.73 Å². The molecule has 130 valence electrons. The Morgan fingerprint density at radius 2 is 2.21 bits per heavy atom. The second-order valence-corrected chi connectivity index (χ2v) is 6.58. The summed E-state index contributed by atoms with van der Waals surface area (Å²) in [5, 5.41) is 0. The van der Waals surface area contributed by atoms with Crippen LogP contribution in [0.25, 0.3) is 0 Å². The van der Waals surface area contributed by atoms with Gasteiger partial charge >= 0.3 is 0 Å². The molecular weight excluding hydrogens is 306 g/mol. The highest BCUT2D eigenvalue weighted by molar-refractivity contribution is 5.80. The quantitative estimate of drug-likeness (QED) is 0.872. The summed E-state index contributed by atoms with van der Waals surface area (Å²) in [4.78, 5) is 27.7. The van der Waals surface area contributed by atoms with E-state index in [1.54, 1.807) is 12.0 Å². The van der Waals surface area contributed by atoms with E-state index >= 15 is 0 Å². The van der Waals surface area contributed by atoms with Gasteiger partial charge in [0.1, 0.15) is 5.75 Å². The van der Waals surface area contributed by atoms with Crippen LogP contribution >= 0.6 is 0 Å². The molecule has 2 fully saturated rings. The number of likely N-dealkylation sites (tertiary alicyclic amines) is 2. The van der Waals surface area contributed by atoms with Gasteiger partial charge in [0.25, 0.3) is 0 Å². The summed E-state index contributed by atoms with van der Waals surface area (Å²) in [6.07, 6.45) is 1.89. The number of benzene rings is 1. The summed E-state index contributed by atoms with van der Waals surface area (Å²) in [6.45, 7) is 2.49. The highest BCUT2D eigenvalue weighted by Crippen LogP contribution is 2.29. The first-order valence-corrected chi connectivity index (χ1v) is 8.53. The van der Waals surface area contributed by atoms with Crippen LogP contribution in [0.5, 0.6) is 5.75 Å². The van der Waals surface area contributed by atoms with Gasteiger partial charge in [-0.05, 0) is 24.1 Å². The molecule has 1 aromatic carbocycles. The van der Waals surface area contributed by atoms with Crippen LogP contribution in [0.3, 0.4) is 0 Å². The predicted octanol–water partition coefficient (Wildman–Crippen LogP) is 0.961. The molecule has 1 aromatic rings. The Morgan fingerprint density at radius 3 is 2.92 bits per heavy atom. The third-order valence-electron chi connectivity index (χ3n) is 5.01. The standard InChI is InChI=1S/C18H25N3O3/c1-24-14-5-2-4-13(10-14)15-11-21(12-16(15)19)18(23)7-9-20-8-3-6-17(20)22/h2,4-5,10,15-16H,3,6-9,11-12,19H2,1H3/t15-,16+/m1/s1. The van der Waals surface area contributed by atoms with E-state index in [-0.39, 0.29) is 23.8 Å². The molecule has 3 rings (SSSR count). The lowest BCUT2D eigenvalue weighted by atomic mass is 9.95. The van der Waals surface area contributed by atoms with Crippen molar-refractivity contribution in [1.82, 2.24) is 9.80 Å². The van der Waals surface area contributed by atoms with Crippen LogP contribution in [-0.2, 0) is 9.59 Å². The Bertz CT molecular complexity index is 619. The maximum Gasteiger partial charge on any atom is 0.224 e. The third kappa shape index (κ3) is 3.53. The first-order valence-electron chi connectivity index (χ1n) is 8.53. The van der Waals surface area contributed by atoms with E-state index in [9.17, 15) is 9.59 Å². The lowest BCUT2D eigenvalue weighted by molar-refractivity contribution is -0.132. The Hall–Kier alpha value is -2.08. The largest absolute Gasteiger partial charge is 0.497 e. The van der Waals surface area contributed by atoms with Gasteiger partial charge in [0.15, 0.2) is 0 Å². The van der Waals surface area contributed by atoms with Crippen LogP contribution in [-0.4, -0.2) is 60.9 Å². The molecule has 0 aromatic heterocycles. The van der Waals surface area contributed by atoms with Crippen molar-refractivity contribution in [3.63, 3.8) is 0 Å². The fourth-order valence-corrected chi connectivity index (χ4v) is 3.59. The number of carbonyl (C=O) groups excluding carboxylic acids is 2. The first-order chi connectivity index (χ1) is 11.6. The average Bonchev–Trinajstić information content (AvgIpc) is 3.18. The van der Waals surface area contributed by atoms with Crippen LogP contribution < -0.4 is 10.5 Å². The molecule has 6 nitrogen and oxygen atoms in total. The molecule has 0 radical (unpaired) electrons. The molecule has 6 heteroatoms. The second-order valence-electron chi connectivity index (χ2n) is 6.58. The molecule has 2 amide bonds. The Morgan fingerprint density at radius 1 is 1.38 bits per heavy atom. The summed E-state index contributed by atoms with van der Waals surface area (Å²) in [5.74, 6) is 1.17. The van der Waals surface area contributed by atoms with E-state index in [0.717, 1.165) is 24.3 Å². The first kappa shape index (κ1) is 16.8. The minimum Gasteiger partial charge on any atom is -0.497 e. The number of nitrogens with two attached hydrogens (primary N) is 1. The molecule has 0 saturated carbocycles. The Labute approximate surface area is 142 Å². The van der Waals surface area contributed by atoms with E-state index in [4.69, 9.17) is 10.5 Å². The lowest BCUT2D eigenvalue weighted by Gasteiger charge is -2.19. The molecule has 2 aliphatic heterocycles. The van der Waals surface area contributed by atoms with Crippen molar-refractivity contribution in [2.75, 3.05) is 33.3 Å². The van der Waals surface area contributed by atoms with Gasteiger partial charge in [-0.15, -0.1) is 0 Å². The summed E-state index contributed by atoms with van der Waals surface area (Å²) in [6, 6.07) is 7.80. The highest BCUT2D eigenvalue weighted by Gasteiger charge is 2.34. The number of carbonyl (C=O) groups is 2. The van der Waals surface area contributed by atoms with E-state index in [0.29, 0.717) is 32.5 Å². The molecule has 0 bridgehead atoms. The minimum atomic E-state index is -0.0746. The molecule has 0 aliphatic carbocycles. The zero-order valence-electron chi connectivity index (χ0n) is 14.1. The maximum absolute atomic E-state index is 12.5. The summed E-state index contributed by atoms with van der Waals surface area (Å²) in [5.41, 5.74) is 7.38. The molecule has 2 aliphatic rings. The van der Waals surface area contributed by atoms with Gasteiger partial charge < -0.3 is 20.3 Å². The number of ether oxygens (including phenoxy) is 1. The fraction of sp³-hybridized carbons (Fsp3) is 0.556. The van der Waals surface area contributed by atoms with E-state index in [1.807, 2.05) is 29.2 Å². The second kappa shape index (κ2) is 7.21. The molecule has 2 atom stereocenters. The fourth-order valence-electron chi connectivity index (χ4n) is 3.59. The van der Waals surface area contributed by atoms with Gasteiger partial charge in [-0.2, -0.15) is 0 Å². The number of rotatable bonds is 5. The van der Waals surface area contributed by atoms with E-state index in [2.05, 4.69) is 0 Å². The smallest absolute Gasteiger partial charge is 0.224 e. The topological polar surface area (TPSA) is 75.9 Å². The van der Waals surface area contributed by atoms with Gasteiger partial charge in [0.2, 0.25) is 11.8 Å². The number of methoxy groups -OCH3 is 1.